The average molecular weight is 323 g/mol. The van der Waals surface area contributed by atoms with Crippen LogP contribution in [0.2, 0.25) is 0 Å². The van der Waals surface area contributed by atoms with Gasteiger partial charge in [0.05, 0.1) is 12.6 Å². The molecule has 7 nitrogen and oxygen atoms in total. The molecule has 1 amide bonds. The number of carbonyl (C=O) groups excluding carboxylic acids is 1. The first-order chi connectivity index (χ1) is 10.9. The third-order valence-corrected chi connectivity index (χ3v) is 4.10. The number of nitrogens with zero attached hydrogens (tertiary/aromatic N) is 4. The van der Waals surface area contributed by atoms with Crippen molar-refractivity contribution in [1.82, 2.24) is 25.3 Å². The second-order valence-electron chi connectivity index (χ2n) is 6.86. The molecule has 2 heterocycles. The lowest BCUT2D eigenvalue weighted by molar-refractivity contribution is -0.123. The summed E-state index contributed by atoms with van der Waals surface area (Å²) in [4.78, 5) is 20.8. The third kappa shape index (κ3) is 5.00. The van der Waals surface area contributed by atoms with E-state index in [0.717, 1.165) is 32.0 Å². The predicted octanol–water partition coefficient (Wildman–Crippen LogP) is 1.40. The molecule has 0 spiro atoms. The normalized spacial score (nSPS) is 18.6. The first-order valence-corrected chi connectivity index (χ1v) is 8.46. The van der Waals surface area contributed by atoms with Gasteiger partial charge in [0, 0.05) is 38.1 Å². The highest BCUT2D eigenvalue weighted by Gasteiger charge is 2.26. The molecule has 23 heavy (non-hydrogen) atoms. The van der Waals surface area contributed by atoms with Gasteiger partial charge in [0.15, 0.2) is 5.82 Å². The zero-order valence-corrected chi connectivity index (χ0v) is 14.9. The van der Waals surface area contributed by atoms with Gasteiger partial charge in [-0.25, -0.2) is 0 Å². The maximum Gasteiger partial charge on any atom is 0.243 e. The van der Waals surface area contributed by atoms with Crippen LogP contribution in [0.15, 0.2) is 4.52 Å². The summed E-state index contributed by atoms with van der Waals surface area (Å²) in [7, 11) is 0. The minimum Gasteiger partial charge on any atom is -0.353 e. The molecule has 1 aliphatic rings. The highest BCUT2D eigenvalue weighted by atomic mass is 16.5. The van der Waals surface area contributed by atoms with Crippen LogP contribution in [0.25, 0.3) is 0 Å². The van der Waals surface area contributed by atoms with E-state index < -0.39 is 0 Å². The summed E-state index contributed by atoms with van der Waals surface area (Å²) in [6.45, 7) is 14.2. The number of rotatable bonds is 6. The van der Waals surface area contributed by atoms with Crippen LogP contribution in [-0.4, -0.2) is 64.6 Å². The Bertz CT molecular complexity index is 506. The lowest BCUT2D eigenvalue weighted by Gasteiger charge is -2.36. The van der Waals surface area contributed by atoms with Crippen molar-refractivity contribution in [1.29, 1.82) is 0 Å². The van der Waals surface area contributed by atoms with Crippen molar-refractivity contribution in [2.45, 2.75) is 52.6 Å². The van der Waals surface area contributed by atoms with Crippen molar-refractivity contribution in [2.24, 2.45) is 0 Å². The van der Waals surface area contributed by atoms with E-state index in [0.29, 0.717) is 12.4 Å². The van der Waals surface area contributed by atoms with E-state index in [1.807, 2.05) is 13.8 Å². The van der Waals surface area contributed by atoms with Crippen LogP contribution < -0.4 is 5.32 Å². The van der Waals surface area contributed by atoms with Gasteiger partial charge in [-0.2, -0.15) is 4.98 Å². The topological polar surface area (TPSA) is 74.5 Å². The number of nitrogens with one attached hydrogen (secondary N) is 1. The van der Waals surface area contributed by atoms with Crippen LogP contribution in [0.3, 0.4) is 0 Å². The molecule has 0 saturated carbocycles. The molecule has 1 unspecified atom stereocenters. The van der Waals surface area contributed by atoms with Crippen LogP contribution in [0.5, 0.6) is 0 Å². The highest BCUT2D eigenvalue weighted by molar-refractivity contribution is 5.78. The molecule has 1 aromatic heterocycles. The molecule has 130 valence electrons. The molecule has 1 saturated heterocycles. The molecule has 0 radical (unpaired) electrons. The van der Waals surface area contributed by atoms with Crippen LogP contribution in [0.4, 0.5) is 0 Å². The summed E-state index contributed by atoms with van der Waals surface area (Å²) < 4.78 is 5.40. The minimum absolute atomic E-state index is 0.0972. The maximum absolute atomic E-state index is 11.8. The monoisotopic (exact) mass is 323 g/mol. The fourth-order valence-electron chi connectivity index (χ4n) is 2.69. The predicted molar refractivity (Wildman–Crippen MR) is 88.1 cm³/mol. The number of aromatic nitrogens is 2. The van der Waals surface area contributed by atoms with E-state index in [9.17, 15) is 4.79 Å². The smallest absolute Gasteiger partial charge is 0.243 e. The van der Waals surface area contributed by atoms with Crippen molar-refractivity contribution in [3.63, 3.8) is 0 Å². The van der Waals surface area contributed by atoms with Crippen LogP contribution >= 0.6 is 0 Å². The molecule has 7 heteroatoms. The Labute approximate surface area is 138 Å². The summed E-state index contributed by atoms with van der Waals surface area (Å²) in [5.74, 6) is 1.81. The summed E-state index contributed by atoms with van der Waals surface area (Å²) in [6.07, 6.45) is 0. The summed E-state index contributed by atoms with van der Waals surface area (Å²) in [5.41, 5.74) is 0. The largest absolute Gasteiger partial charge is 0.353 e. The molecule has 0 bridgehead atoms. The molecule has 0 aliphatic carbocycles. The second kappa shape index (κ2) is 7.88. The summed E-state index contributed by atoms with van der Waals surface area (Å²) in [5, 5.41) is 6.97. The molecule has 1 aliphatic heterocycles. The molecule has 1 atom stereocenters. The Kier molecular flexibility index (Phi) is 6.12. The highest BCUT2D eigenvalue weighted by Crippen LogP contribution is 2.21. The molecule has 0 aromatic carbocycles. The van der Waals surface area contributed by atoms with Gasteiger partial charge < -0.3 is 9.84 Å². The standard InChI is InChI=1S/C16H29N5O2/c1-11(2)15-18-16(23-19-15)13(5)21-8-6-20(7-9-21)10-14(22)17-12(3)4/h11-13H,6-10H2,1-5H3,(H,17,22). The van der Waals surface area contributed by atoms with Gasteiger partial charge >= 0.3 is 0 Å². The summed E-state index contributed by atoms with van der Waals surface area (Å²) >= 11 is 0. The Morgan fingerprint density at radius 1 is 1.17 bits per heavy atom. The molecule has 1 N–H and O–H groups in total. The van der Waals surface area contributed by atoms with Gasteiger partial charge in [0.1, 0.15) is 0 Å². The molecular weight excluding hydrogens is 294 g/mol. The first-order valence-electron chi connectivity index (χ1n) is 8.46. The zero-order chi connectivity index (χ0) is 17.0. The average Bonchev–Trinajstić information content (AvgIpc) is 2.96. The van der Waals surface area contributed by atoms with E-state index in [4.69, 9.17) is 4.52 Å². The van der Waals surface area contributed by atoms with Crippen molar-refractivity contribution in [3.8, 4) is 0 Å². The Balaban J connectivity index is 1.82. The van der Waals surface area contributed by atoms with E-state index >= 15 is 0 Å². The number of piperazine rings is 1. The van der Waals surface area contributed by atoms with Gasteiger partial charge in [-0.1, -0.05) is 19.0 Å². The van der Waals surface area contributed by atoms with Gasteiger partial charge in [-0.15, -0.1) is 0 Å². The van der Waals surface area contributed by atoms with E-state index in [-0.39, 0.29) is 23.9 Å². The minimum atomic E-state index is 0.0972. The van der Waals surface area contributed by atoms with Crippen LogP contribution in [0, 0.1) is 0 Å². The van der Waals surface area contributed by atoms with E-state index in [1.165, 1.54) is 0 Å². The number of carbonyl (C=O) groups is 1. The Morgan fingerprint density at radius 2 is 1.83 bits per heavy atom. The Morgan fingerprint density at radius 3 is 2.35 bits per heavy atom. The third-order valence-electron chi connectivity index (χ3n) is 4.10. The van der Waals surface area contributed by atoms with Gasteiger partial charge in [0.2, 0.25) is 11.8 Å². The molecule has 1 fully saturated rings. The number of hydrogen-bond donors (Lipinski definition) is 1. The zero-order valence-electron chi connectivity index (χ0n) is 14.9. The van der Waals surface area contributed by atoms with Crippen molar-refractivity contribution in [3.05, 3.63) is 11.7 Å². The molecule has 1 aromatic rings. The van der Waals surface area contributed by atoms with Crippen LogP contribution in [0.1, 0.15) is 58.3 Å². The SMILES string of the molecule is CC(C)NC(=O)CN1CCN(C(C)c2nc(C(C)C)no2)CC1. The molecular formula is C16H29N5O2. The van der Waals surface area contributed by atoms with Gasteiger partial charge in [0.25, 0.3) is 0 Å². The van der Waals surface area contributed by atoms with Crippen LogP contribution in [-0.2, 0) is 4.79 Å². The van der Waals surface area contributed by atoms with Gasteiger partial charge in [-0.3, -0.25) is 14.6 Å². The second-order valence-corrected chi connectivity index (χ2v) is 6.86. The molecule has 2 rings (SSSR count). The lowest BCUT2D eigenvalue weighted by Crippen LogP contribution is -2.50. The van der Waals surface area contributed by atoms with E-state index in [2.05, 4.69) is 46.0 Å². The number of hydrogen-bond acceptors (Lipinski definition) is 6. The fourth-order valence-corrected chi connectivity index (χ4v) is 2.69. The van der Waals surface area contributed by atoms with Gasteiger partial charge in [-0.05, 0) is 20.8 Å². The van der Waals surface area contributed by atoms with Crippen molar-refractivity contribution < 1.29 is 9.32 Å². The van der Waals surface area contributed by atoms with E-state index in [1.54, 1.807) is 0 Å². The Hall–Kier alpha value is -1.47. The number of amides is 1. The first kappa shape index (κ1) is 17.9. The van der Waals surface area contributed by atoms with Crippen molar-refractivity contribution in [2.75, 3.05) is 32.7 Å². The fraction of sp³-hybridized carbons (Fsp3) is 0.812. The maximum atomic E-state index is 11.8. The van der Waals surface area contributed by atoms with Crippen molar-refractivity contribution >= 4 is 5.91 Å². The lowest BCUT2D eigenvalue weighted by atomic mass is 10.2. The summed E-state index contributed by atoms with van der Waals surface area (Å²) in [6, 6.07) is 0.304. The quantitative estimate of drug-likeness (QED) is 0.853.